The van der Waals surface area contributed by atoms with E-state index >= 15 is 0 Å². The quantitative estimate of drug-likeness (QED) is 0.520. The first-order chi connectivity index (χ1) is 12.9. The summed E-state index contributed by atoms with van der Waals surface area (Å²) in [7, 11) is 0. The van der Waals surface area contributed by atoms with Gasteiger partial charge in [-0.05, 0) is 30.9 Å². The van der Waals surface area contributed by atoms with Crippen LogP contribution < -0.4 is 15.7 Å². The molecule has 1 amide bonds. The van der Waals surface area contributed by atoms with Gasteiger partial charge >= 0.3 is 0 Å². The van der Waals surface area contributed by atoms with Crippen LogP contribution in [0.15, 0.2) is 6.33 Å². The predicted octanol–water partition coefficient (Wildman–Crippen LogP) is -0.198. The van der Waals surface area contributed by atoms with Crippen LogP contribution in [0.25, 0.3) is 11.2 Å². The number of aliphatic hydroxyl groups excluding tert-OH is 2. The van der Waals surface area contributed by atoms with Crippen molar-refractivity contribution in [2.24, 2.45) is 0 Å². The Bertz CT molecular complexity index is 855. The van der Waals surface area contributed by atoms with E-state index in [0.717, 1.165) is 25.7 Å². The molecule has 2 saturated carbocycles. The second-order valence-corrected chi connectivity index (χ2v) is 7.45. The topological polar surface area (TPSA) is 148 Å². The smallest absolute Gasteiger partial charge is 0.226 e. The molecule has 0 saturated heterocycles. The number of carboxylic acid groups (broad SMARTS) is 1. The van der Waals surface area contributed by atoms with Crippen molar-refractivity contribution in [2.45, 2.75) is 62.4 Å². The monoisotopic (exact) mass is 395 g/mol. The van der Waals surface area contributed by atoms with E-state index in [2.05, 4.69) is 25.6 Å². The van der Waals surface area contributed by atoms with E-state index in [4.69, 9.17) is 11.6 Å². The lowest BCUT2D eigenvalue weighted by atomic mass is 10.2. The lowest BCUT2D eigenvalue weighted by Crippen LogP contribution is -2.48. The molecule has 0 bridgehead atoms. The van der Waals surface area contributed by atoms with E-state index in [1.807, 2.05) is 0 Å². The third kappa shape index (κ3) is 3.40. The van der Waals surface area contributed by atoms with Crippen molar-refractivity contribution in [1.82, 2.24) is 24.8 Å². The van der Waals surface area contributed by atoms with E-state index in [-0.39, 0.29) is 11.7 Å². The molecule has 10 nitrogen and oxygen atoms in total. The van der Waals surface area contributed by atoms with E-state index in [1.165, 1.54) is 6.33 Å². The lowest BCUT2D eigenvalue weighted by molar-refractivity contribution is -0.252. The molecule has 2 heterocycles. The fourth-order valence-corrected chi connectivity index (χ4v) is 4.24. The number of hydrogen-bond donors (Lipinski definition) is 4. The summed E-state index contributed by atoms with van der Waals surface area (Å²) in [6.45, 7) is 0. The van der Waals surface area contributed by atoms with Crippen LogP contribution in [0.5, 0.6) is 0 Å². The molecule has 11 heteroatoms. The van der Waals surface area contributed by atoms with Gasteiger partial charge in [0.1, 0.15) is 18.3 Å². The zero-order valence-electron chi connectivity index (χ0n) is 14.4. The first-order valence-electron chi connectivity index (χ1n) is 8.94. The maximum Gasteiger partial charge on any atom is 0.226 e. The molecule has 146 valence electrons. The van der Waals surface area contributed by atoms with Crippen LogP contribution in [0.4, 0.5) is 10.6 Å². The normalized spacial score (nSPS) is 28.7. The van der Waals surface area contributed by atoms with Gasteiger partial charge in [0.15, 0.2) is 17.0 Å². The molecule has 0 radical (unpaired) electrons. The summed E-state index contributed by atoms with van der Waals surface area (Å²) in [6, 6.07) is -1.16. The number of aromatic nitrogens is 4. The van der Waals surface area contributed by atoms with Crippen molar-refractivity contribution in [3.8, 4) is 0 Å². The predicted molar refractivity (Wildman–Crippen MR) is 94.2 cm³/mol. The molecule has 0 aliphatic heterocycles. The van der Waals surface area contributed by atoms with Gasteiger partial charge < -0.3 is 35.3 Å². The van der Waals surface area contributed by atoms with Crippen LogP contribution in [0.1, 0.15) is 38.1 Å². The Morgan fingerprint density at radius 2 is 2.00 bits per heavy atom. The number of aliphatic hydroxyl groups is 2. The number of amides is 1. The fraction of sp³-hybridized carbons (Fsp3) is 0.625. The molecule has 0 unspecified atom stereocenters. The number of carbonyl (C=O) groups excluding carboxylic acids is 1. The van der Waals surface area contributed by atoms with E-state index in [9.17, 15) is 20.1 Å². The van der Waals surface area contributed by atoms with Gasteiger partial charge in [0.25, 0.3) is 0 Å². The number of nitrogens with zero attached hydrogens (tertiary/aromatic N) is 4. The van der Waals surface area contributed by atoms with Gasteiger partial charge in [-0.25, -0.2) is 4.98 Å². The van der Waals surface area contributed by atoms with Crippen molar-refractivity contribution in [3.05, 3.63) is 11.6 Å². The highest BCUT2D eigenvalue weighted by Gasteiger charge is 2.43. The standard InChI is InChI=1S/C16H21ClN6O4/c17-15-21-13(19-7-3-1-2-4-7)10-14(22-15)23(6-18-10)9-5-8(20-16(26)27)11(24)12(9)25/h6-9,11-12,20,24-25H,1-5H2,(H,26,27)(H,19,21,22)/p-1/t8-,9+,11+,12-/m0/s1. The average Bonchev–Trinajstić information content (AvgIpc) is 3.31. The highest BCUT2D eigenvalue weighted by Crippen LogP contribution is 2.34. The first-order valence-corrected chi connectivity index (χ1v) is 9.32. The number of halogens is 1. The lowest BCUT2D eigenvalue weighted by Gasteiger charge is -2.19. The number of imidazole rings is 1. The van der Waals surface area contributed by atoms with Gasteiger partial charge in [-0.2, -0.15) is 9.97 Å². The number of rotatable bonds is 4. The van der Waals surface area contributed by atoms with E-state index in [1.54, 1.807) is 4.57 Å². The number of carbonyl (C=O) groups is 1. The summed E-state index contributed by atoms with van der Waals surface area (Å²) in [6.07, 6.45) is 2.11. The number of anilines is 1. The maximum absolute atomic E-state index is 10.8. The molecule has 2 aromatic heterocycles. The van der Waals surface area contributed by atoms with Gasteiger partial charge in [0, 0.05) is 6.04 Å². The molecule has 2 aromatic rings. The minimum absolute atomic E-state index is 0.0437. The van der Waals surface area contributed by atoms with Crippen LogP contribution in [0.2, 0.25) is 5.28 Å². The SMILES string of the molecule is O=C([O-])N[C@H]1C[C@@H](n2cnc3c(NC4CCCC4)nc(Cl)nc32)[C@H](O)[C@@H]1O. The minimum Gasteiger partial charge on any atom is -0.530 e. The van der Waals surface area contributed by atoms with E-state index in [0.29, 0.717) is 23.0 Å². The second-order valence-electron chi connectivity index (χ2n) is 7.11. The molecule has 2 fully saturated rings. The third-order valence-corrected chi connectivity index (χ3v) is 5.57. The van der Waals surface area contributed by atoms with Crippen molar-refractivity contribution >= 4 is 34.7 Å². The second kappa shape index (κ2) is 7.10. The molecule has 0 aromatic carbocycles. The Morgan fingerprint density at radius 3 is 2.70 bits per heavy atom. The molecular formula is C16H20ClN6O4-. The highest BCUT2D eigenvalue weighted by atomic mass is 35.5. The third-order valence-electron chi connectivity index (χ3n) is 5.40. The number of hydrogen-bond acceptors (Lipinski definition) is 8. The molecule has 4 atom stereocenters. The molecule has 2 aliphatic carbocycles. The first kappa shape index (κ1) is 18.2. The summed E-state index contributed by atoms with van der Waals surface area (Å²) in [4.78, 5) is 23.6. The summed E-state index contributed by atoms with van der Waals surface area (Å²) in [5.41, 5.74) is 0.935. The van der Waals surface area contributed by atoms with Crippen molar-refractivity contribution in [2.75, 3.05) is 5.32 Å². The van der Waals surface area contributed by atoms with Gasteiger partial charge in [-0.3, -0.25) is 0 Å². The zero-order chi connectivity index (χ0) is 19.1. The largest absolute Gasteiger partial charge is 0.530 e. The van der Waals surface area contributed by atoms with Crippen molar-refractivity contribution in [3.63, 3.8) is 0 Å². The Balaban J connectivity index is 1.66. The summed E-state index contributed by atoms with van der Waals surface area (Å²) < 4.78 is 1.60. The molecular weight excluding hydrogens is 376 g/mol. The Morgan fingerprint density at radius 1 is 1.26 bits per heavy atom. The fourth-order valence-electron chi connectivity index (χ4n) is 4.08. The highest BCUT2D eigenvalue weighted by molar-refractivity contribution is 6.28. The van der Waals surface area contributed by atoms with Gasteiger partial charge in [0.2, 0.25) is 5.28 Å². The molecule has 0 spiro atoms. The molecule has 4 N–H and O–H groups in total. The van der Waals surface area contributed by atoms with Gasteiger partial charge in [-0.1, -0.05) is 12.8 Å². The Kier molecular flexibility index (Phi) is 4.79. The van der Waals surface area contributed by atoms with Crippen LogP contribution in [0, 0.1) is 0 Å². The van der Waals surface area contributed by atoms with Crippen LogP contribution in [-0.2, 0) is 0 Å². The molecule has 27 heavy (non-hydrogen) atoms. The summed E-state index contributed by atoms with van der Waals surface area (Å²) >= 11 is 6.09. The Hall–Kier alpha value is -2.17. The number of fused-ring (bicyclic) bond motifs is 1. The summed E-state index contributed by atoms with van der Waals surface area (Å²) in [5, 5.41) is 36.9. The van der Waals surface area contributed by atoms with E-state index < -0.39 is 30.4 Å². The maximum atomic E-state index is 10.8. The van der Waals surface area contributed by atoms with Crippen LogP contribution in [-0.4, -0.2) is 60.1 Å². The van der Waals surface area contributed by atoms with Crippen molar-refractivity contribution < 1.29 is 20.1 Å². The van der Waals surface area contributed by atoms with Gasteiger partial charge in [0.05, 0.1) is 18.4 Å². The van der Waals surface area contributed by atoms with Gasteiger partial charge in [-0.15, -0.1) is 0 Å². The molecule has 2 aliphatic rings. The Labute approximate surface area is 159 Å². The van der Waals surface area contributed by atoms with Crippen LogP contribution >= 0.6 is 11.6 Å². The number of nitrogens with one attached hydrogen (secondary N) is 2. The zero-order valence-corrected chi connectivity index (χ0v) is 15.1. The summed E-state index contributed by atoms with van der Waals surface area (Å²) in [5.74, 6) is 0.535. The van der Waals surface area contributed by atoms with Crippen molar-refractivity contribution in [1.29, 1.82) is 0 Å². The molecule has 4 rings (SSSR count). The minimum atomic E-state index is -1.50. The van der Waals surface area contributed by atoms with Crippen LogP contribution in [0.3, 0.4) is 0 Å². The average molecular weight is 396 g/mol.